The van der Waals surface area contributed by atoms with Crippen LogP contribution in [0.2, 0.25) is 0 Å². The first kappa shape index (κ1) is 24.5. The average molecular weight is 545 g/mol. The lowest BCUT2D eigenvalue weighted by atomic mass is 9.87. The molecule has 0 aromatic carbocycles. The Morgan fingerprint density at radius 3 is 2.46 bits per heavy atom. The van der Waals surface area contributed by atoms with E-state index >= 15 is 0 Å². The van der Waals surface area contributed by atoms with Gasteiger partial charge >= 0.3 is 0 Å². The molecule has 1 saturated carbocycles. The number of hydrogen-bond acceptors (Lipinski definition) is 4. The van der Waals surface area contributed by atoms with E-state index in [1.807, 2.05) is 0 Å². The Bertz CT molecular complexity index is 610. The molecule has 1 aliphatic carbocycles. The van der Waals surface area contributed by atoms with E-state index in [1.54, 1.807) is 4.31 Å². The molecule has 2 saturated heterocycles. The summed E-state index contributed by atoms with van der Waals surface area (Å²) < 4.78 is 25.4. The molecule has 3 fully saturated rings. The maximum atomic E-state index is 11.7. The minimum Gasteiger partial charge on any atom is -0.357 e. The number of thioether (sulfide) groups is 1. The zero-order chi connectivity index (χ0) is 19.3. The maximum Gasteiger partial charge on any atom is 0.211 e. The second-order valence-electron chi connectivity index (χ2n) is 8.31. The van der Waals surface area contributed by atoms with Crippen LogP contribution in [0.25, 0.3) is 0 Å². The van der Waals surface area contributed by atoms with Gasteiger partial charge in [0.15, 0.2) is 5.96 Å². The van der Waals surface area contributed by atoms with E-state index in [-0.39, 0.29) is 24.0 Å². The zero-order valence-corrected chi connectivity index (χ0v) is 21.3. The summed E-state index contributed by atoms with van der Waals surface area (Å²) in [6.07, 6.45) is 9.95. The highest BCUT2D eigenvalue weighted by atomic mass is 127. The molecule has 6 nitrogen and oxygen atoms in total. The van der Waals surface area contributed by atoms with E-state index in [1.165, 1.54) is 44.1 Å². The minimum absolute atomic E-state index is 0. The van der Waals surface area contributed by atoms with Gasteiger partial charge in [-0.25, -0.2) is 12.7 Å². The van der Waals surface area contributed by atoms with Crippen molar-refractivity contribution in [3.8, 4) is 0 Å². The van der Waals surface area contributed by atoms with Gasteiger partial charge in [0.05, 0.1) is 6.26 Å². The summed E-state index contributed by atoms with van der Waals surface area (Å²) in [7, 11) is -3.05. The third-order valence-corrected chi connectivity index (χ3v) is 9.03. The number of hydrogen-bond donors (Lipinski definition) is 1. The number of guanidine groups is 1. The average Bonchev–Trinajstić information content (AvgIpc) is 2.65. The van der Waals surface area contributed by atoms with Crippen LogP contribution in [0.15, 0.2) is 4.99 Å². The van der Waals surface area contributed by atoms with Crippen LogP contribution < -0.4 is 5.32 Å². The maximum absolute atomic E-state index is 11.7. The quantitative estimate of drug-likeness (QED) is 0.335. The van der Waals surface area contributed by atoms with E-state index < -0.39 is 10.0 Å². The fourth-order valence-corrected chi connectivity index (χ4v) is 7.03. The Labute approximate surface area is 192 Å². The topological polar surface area (TPSA) is 65.0 Å². The van der Waals surface area contributed by atoms with Crippen molar-refractivity contribution in [2.75, 3.05) is 51.3 Å². The number of aliphatic imine (C=N–C) groups is 1. The highest BCUT2D eigenvalue weighted by molar-refractivity contribution is 14.0. The van der Waals surface area contributed by atoms with E-state index in [4.69, 9.17) is 4.99 Å². The summed E-state index contributed by atoms with van der Waals surface area (Å²) in [4.78, 5) is 7.46. The number of sulfonamides is 1. The molecule has 3 aliphatic rings. The van der Waals surface area contributed by atoms with Gasteiger partial charge in [-0.15, -0.1) is 24.0 Å². The van der Waals surface area contributed by atoms with Crippen LogP contribution in [0.1, 0.15) is 51.9 Å². The lowest BCUT2D eigenvalue weighted by Crippen LogP contribution is -2.53. The Balaban J connectivity index is 0.00000280. The molecule has 2 heterocycles. The zero-order valence-electron chi connectivity index (χ0n) is 17.4. The molecule has 0 aromatic rings. The number of halogens is 1. The van der Waals surface area contributed by atoms with Gasteiger partial charge in [-0.05, 0) is 38.5 Å². The second-order valence-corrected chi connectivity index (χ2v) is 11.9. The van der Waals surface area contributed by atoms with E-state index in [0.717, 1.165) is 45.0 Å². The molecule has 0 amide bonds. The number of piperidine rings is 1. The molecule has 28 heavy (non-hydrogen) atoms. The molecular weight excluding hydrogens is 507 g/mol. The molecule has 9 heteroatoms. The Hall–Kier alpha value is 0.260. The summed E-state index contributed by atoms with van der Waals surface area (Å²) >= 11 is 2.19. The third-order valence-electron chi connectivity index (χ3n) is 6.19. The van der Waals surface area contributed by atoms with Gasteiger partial charge in [0, 0.05) is 49.8 Å². The van der Waals surface area contributed by atoms with Gasteiger partial charge in [0.25, 0.3) is 0 Å². The molecule has 1 spiro atoms. The molecular formula is C19H37IN4O2S2. The highest BCUT2D eigenvalue weighted by Gasteiger charge is 2.38. The van der Waals surface area contributed by atoms with Crippen LogP contribution in [0.3, 0.4) is 0 Å². The molecule has 164 valence electrons. The van der Waals surface area contributed by atoms with Crippen molar-refractivity contribution in [2.45, 2.75) is 56.6 Å². The van der Waals surface area contributed by atoms with Crippen LogP contribution in [0, 0.1) is 5.92 Å². The first-order chi connectivity index (χ1) is 12.9. The normalized spacial score (nSPS) is 24.8. The van der Waals surface area contributed by atoms with E-state index in [0.29, 0.717) is 23.8 Å². The molecule has 0 atom stereocenters. The predicted molar refractivity (Wildman–Crippen MR) is 130 cm³/mol. The largest absolute Gasteiger partial charge is 0.357 e. The Morgan fingerprint density at radius 1 is 1.18 bits per heavy atom. The molecule has 0 aromatic heterocycles. The van der Waals surface area contributed by atoms with Gasteiger partial charge in [-0.2, -0.15) is 11.8 Å². The SMILES string of the molecule is CCNC(=NCC1CCN(S(C)(=O)=O)CC1)N1CCSC2(CCCCC2)C1.I. The van der Waals surface area contributed by atoms with Crippen LogP contribution >= 0.6 is 35.7 Å². The summed E-state index contributed by atoms with van der Waals surface area (Å²) in [6.45, 7) is 7.30. The van der Waals surface area contributed by atoms with Crippen molar-refractivity contribution < 1.29 is 8.42 Å². The first-order valence-corrected chi connectivity index (χ1v) is 13.4. The lowest BCUT2D eigenvalue weighted by Gasteiger charge is -2.45. The van der Waals surface area contributed by atoms with E-state index in [9.17, 15) is 8.42 Å². The Kier molecular flexibility index (Phi) is 9.67. The predicted octanol–water partition coefficient (Wildman–Crippen LogP) is 2.99. The van der Waals surface area contributed by atoms with Crippen LogP contribution in [0.4, 0.5) is 0 Å². The van der Waals surface area contributed by atoms with Gasteiger partial charge in [0.1, 0.15) is 0 Å². The lowest BCUT2D eigenvalue weighted by molar-refractivity contribution is 0.275. The fourth-order valence-electron chi connectivity index (χ4n) is 4.59. The summed E-state index contributed by atoms with van der Waals surface area (Å²) in [5.41, 5.74) is 0. The monoisotopic (exact) mass is 544 g/mol. The van der Waals surface area contributed by atoms with Gasteiger partial charge in [0.2, 0.25) is 10.0 Å². The molecule has 3 rings (SSSR count). The van der Waals surface area contributed by atoms with E-state index in [2.05, 4.69) is 28.9 Å². The van der Waals surface area contributed by atoms with Crippen LogP contribution in [-0.4, -0.2) is 79.6 Å². The minimum atomic E-state index is -3.05. The number of nitrogens with one attached hydrogen (secondary N) is 1. The third kappa shape index (κ3) is 6.63. The van der Waals surface area contributed by atoms with Gasteiger partial charge in [-0.3, -0.25) is 4.99 Å². The van der Waals surface area contributed by atoms with Crippen molar-refractivity contribution >= 4 is 51.7 Å². The van der Waals surface area contributed by atoms with Crippen molar-refractivity contribution in [3.05, 3.63) is 0 Å². The van der Waals surface area contributed by atoms with Gasteiger partial charge < -0.3 is 10.2 Å². The van der Waals surface area contributed by atoms with Crippen LogP contribution in [0.5, 0.6) is 0 Å². The van der Waals surface area contributed by atoms with Crippen molar-refractivity contribution in [1.29, 1.82) is 0 Å². The number of rotatable bonds is 4. The molecule has 0 bridgehead atoms. The highest BCUT2D eigenvalue weighted by Crippen LogP contribution is 2.42. The first-order valence-electron chi connectivity index (χ1n) is 10.5. The van der Waals surface area contributed by atoms with Crippen molar-refractivity contribution in [1.82, 2.24) is 14.5 Å². The summed E-state index contributed by atoms with van der Waals surface area (Å²) in [6, 6.07) is 0. The van der Waals surface area contributed by atoms with Crippen molar-refractivity contribution in [2.24, 2.45) is 10.9 Å². The van der Waals surface area contributed by atoms with Gasteiger partial charge in [-0.1, -0.05) is 19.3 Å². The Morgan fingerprint density at radius 2 is 1.86 bits per heavy atom. The smallest absolute Gasteiger partial charge is 0.211 e. The second kappa shape index (κ2) is 11.0. The molecule has 0 unspecified atom stereocenters. The fraction of sp³-hybridized carbons (Fsp3) is 0.947. The van der Waals surface area contributed by atoms with Crippen LogP contribution in [-0.2, 0) is 10.0 Å². The standard InChI is InChI=1S/C19H36N4O2S2.HI/c1-3-20-18(21-15-17-7-11-23(12-8-17)27(2,24)25)22-13-14-26-19(16-22)9-5-4-6-10-19;/h17H,3-16H2,1-2H3,(H,20,21);1H. The molecule has 1 N–H and O–H groups in total. The molecule has 0 radical (unpaired) electrons. The summed E-state index contributed by atoms with van der Waals surface area (Å²) in [5.74, 6) is 2.74. The number of nitrogens with zero attached hydrogens (tertiary/aromatic N) is 3. The summed E-state index contributed by atoms with van der Waals surface area (Å²) in [5, 5.41) is 3.51. The molecule has 2 aliphatic heterocycles. The van der Waals surface area contributed by atoms with Crippen molar-refractivity contribution in [3.63, 3.8) is 0 Å².